The first-order chi connectivity index (χ1) is 14.2. The van der Waals surface area contributed by atoms with E-state index in [1.54, 1.807) is 6.92 Å². The molecule has 8 heteroatoms. The van der Waals surface area contributed by atoms with E-state index in [4.69, 9.17) is 6.42 Å². The van der Waals surface area contributed by atoms with Gasteiger partial charge >= 0.3 is 6.18 Å². The van der Waals surface area contributed by atoms with Crippen LogP contribution >= 0.6 is 0 Å². The number of halogens is 3. The zero-order valence-corrected chi connectivity index (χ0v) is 16.9. The second-order valence-electron chi connectivity index (χ2n) is 7.40. The number of nitrogens with zero attached hydrogens (tertiary/aromatic N) is 3. The summed E-state index contributed by atoms with van der Waals surface area (Å²) >= 11 is 0. The summed E-state index contributed by atoms with van der Waals surface area (Å²) in [5, 5.41) is 2.51. The molecule has 1 saturated heterocycles. The van der Waals surface area contributed by atoms with Gasteiger partial charge in [-0.3, -0.25) is 14.7 Å². The Morgan fingerprint density at radius 3 is 2.57 bits per heavy atom. The fourth-order valence-corrected chi connectivity index (χ4v) is 3.31. The van der Waals surface area contributed by atoms with Crippen molar-refractivity contribution in [3.63, 3.8) is 0 Å². The molecule has 1 N–H and O–H groups in total. The van der Waals surface area contributed by atoms with E-state index in [1.165, 1.54) is 24.4 Å². The number of terminal acetylenes is 1. The Hall–Kier alpha value is -2.89. The van der Waals surface area contributed by atoms with E-state index in [9.17, 15) is 18.0 Å². The highest BCUT2D eigenvalue weighted by atomic mass is 19.4. The van der Waals surface area contributed by atoms with Gasteiger partial charge in [-0.15, -0.1) is 6.42 Å². The number of amides is 1. The summed E-state index contributed by atoms with van der Waals surface area (Å²) in [6.45, 7) is 4.99. The fourth-order valence-electron chi connectivity index (χ4n) is 3.31. The van der Waals surface area contributed by atoms with E-state index in [2.05, 4.69) is 21.1 Å². The van der Waals surface area contributed by atoms with E-state index < -0.39 is 17.6 Å². The van der Waals surface area contributed by atoms with Crippen molar-refractivity contribution in [3.8, 4) is 12.3 Å². The molecule has 0 aliphatic carbocycles. The van der Waals surface area contributed by atoms with Gasteiger partial charge in [0.15, 0.2) is 0 Å². The summed E-state index contributed by atoms with van der Waals surface area (Å²) in [6, 6.07) is 5.39. The van der Waals surface area contributed by atoms with Gasteiger partial charge in [0.25, 0.3) is 5.91 Å². The highest BCUT2D eigenvalue weighted by Crippen LogP contribution is 2.34. The number of carbonyl (C=O) groups excluding carboxylic acids is 1. The first-order valence-corrected chi connectivity index (χ1v) is 9.53. The normalized spacial score (nSPS) is 15.6. The average Bonchev–Trinajstić information content (AvgIpc) is 2.70. The third-order valence-corrected chi connectivity index (χ3v) is 5.17. The smallest absolute Gasteiger partial charge is 0.322 e. The van der Waals surface area contributed by atoms with Gasteiger partial charge in [-0.2, -0.15) is 13.2 Å². The number of piperazine rings is 1. The summed E-state index contributed by atoms with van der Waals surface area (Å²) in [5.74, 6) is 1.86. The number of benzene rings is 1. The highest BCUT2D eigenvalue weighted by molar-refractivity contribution is 6.04. The van der Waals surface area contributed by atoms with Crippen molar-refractivity contribution in [2.75, 3.05) is 38.5 Å². The Morgan fingerprint density at radius 2 is 1.93 bits per heavy atom. The SMILES string of the molecule is C#Cc1cc(C(=O)Nc2ccc(CN3CCN(C)CC3)c(C(F)(F)F)c2)cnc1C. The molecule has 158 valence electrons. The molecule has 5 nitrogen and oxygen atoms in total. The predicted molar refractivity (Wildman–Crippen MR) is 109 cm³/mol. The lowest BCUT2D eigenvalue weighted by atomic mass is 10.0. The van der Waals surface area contributed by atoms with E-state index in [-0.39, 0.29) is 23.4 Å². The van der Waals surface area contributed by atoms with Gasteiger partial charge in [0.05, 0.1) is 16.8 Å². The number of aromatic nitrogens is 1. The zero-order valence-electron chi connectivity index (χ0n) is 16.9. The van der Waals surface area contributed by atoms with Crippen LogP contribution in [0, 0.1) is 19.3 Å². The van der Waals surface area contributed by atoms with E-state index >= 15 is 0 Å². The quantitative estimate of drug-likeness (QED) is 0.777. The molecule has 0 unspecified atom stereocenters. The number of pyridine rings is 1. The van der Waals surface area contributed by atoms with Crippen LogP contribution in [0.5, 0.6) is 0 Å². The monoisotopic (exact) mass is 416 g/mol. The van der Waals surface area contributed by atoms with Crippen molar-refractivity contribution in [2.24, 2.45) is 0 Å². The minimum atomic E-state index is -4.52. The number of aryl methyl sites for hydroxylation is 1. The number of nitrogens with one attached hydrogen (secondary N) is 1. The molecular weight excluding hydrogens is 393 g/mol. The standard InChI is InChI=1S/C22H23F3N4O/c1-4-16-11-18(13-26-15(16)2)21(30)27-19-6-5-17(20(12-19)22(23,24)25)14-29-9-7-28(3)8-10-29/h1,5-6,11-13H,7-10,14H2,2-3H3,(H,27,30). The van der Waals surface area contributed by atoms with Crippen molar-refractivity contribution in [2.45, 2.75) is 19.6 Å². The number of rotatable bonds is 4. The third kappa shape index (κ3) is 5.17. The van der Waals surface area contributed by atoms with Crippen molar-refractivity contribution in [1.29, 1.82) is 0 Å². The number of hydrogen-bond acceptors (Lipinski definition) is 4. The summed E-state index contributed by atoms with van der Waals surface area (Å²) < 4.78 is 41.0. The third-order valence-electron chi connectivity index (χ3n) is 5.17. The Labute approximate surface area is 173 Å². The van der Waals surface area contributed by atoms with E-state index in [0.29, 0.717) is 24.3 Å². The Kier molecular flexibility index (Phi) is 6.44. The van der Waals surface area contributed by atoms with Crippen LogP contribution in [-0.2, 0) is 12.7 Å². The number of alkyl halides is 3. The molecule has 0 radical (unpaired) electrons. The van der Waals surface area contributed by atoms with Crippen LogP contribution in [0.25, 0.3) is 0 Å². The molecular formula is C22H23F3N4O. The highest BCUT2D eigenvalue weighted by Gasteiger charge is 2.34. The summed E-state index contributed by atoms with van der Waals surface area (Å²) in [4.78, 5) is 20.7. The topological polar surface area (TPSA) is 48.5 Å². The molecule has 30 heavy (non-hydrogen) atoms. The van der Waals surface area contributed by atoms with E-state index in [0.717, 1.165) is 19.2 Å². The van der Waals surface area contributed by atoms with E-state index in [1.807, 2.05) is 11.9 Å². The van der Waals surface area contributed by atoms with Gasteiger partial charge < -0.3 is 10.2 Å². The van der Waals surface area contributed by atoms with Crippen LogP contribution in [-0.4, -0.2) is 53.9 Å². The Bertz CT molecular complexity index is 973. The molecule has 0 bridgehead atoms. The van der Waals surface area contributed by atoms with Crippen LogP contribution in [0.2, 0.25) is 0 Å². The first-order valence-electron chi connectivity index (χ1n) is 9.53. The number of hydrogen-bond donors (Lipinski definition) is 1. The maximum Gasteiger partial charge on any atom is 0.416 e. The molecule has 1 aromatic carbocycles. The molecule has 1 aromatic heterocycles. The number of likely N-dealkylation sites (N-methyl/N-ethyl adjacent to an activating group) is 1. The molecule has 1 amide bonds. The van der Waals surface area contributed by atoms with Crippen LogP contribution < -0.4 is 5.32 Å². The van der Waals surface area contributed by atoms with Gasteiger partial charge in [-0.25, -0.2) is 0 Å². The predicted octanol–water partition coefficient (Wildman–Crippen LogP) is 3.39. The van der Waals surface area contributed by atoms with Gasteiger partial charge in [-0.1, -0.05) is 12.0 Å². The van der Waals surface area contributed by atoms with Crippen molar-refractivity contribution >= 4 is 11.6 Å². The largest absolute Gasteiger partial charge is 0.416 e. The lowest BCUT2D eigenvalue weighted by Crippen LogP contribution is -2.44. The molecule has 0 spiro atoms. The molecule has 2 aromatic rings. The summed E-state index contributed by atoms with van der Waals surface area (Å²) in [7, 11) is 1.99. The molecule has 1 aliphatic heterocycles. The average molecular weight is 416 g/mol. The molecule has 1 fully saturated rings. The first kappa shape index (κ1) is 21.8. The summed E-state index contributed by atoms with van der Waals surface area (Å²) in [5.41, 5.74) is 0.756. The van der Waals surface area contributed by atoms with Crippen molar-refractivity contribution < 1.29 is 18.0 Å². The second-order valence-corrected chi connectivity index (χ2v) is 7.40. The minimum Gasteiger partial charge on any atom is -0.322 e. The second kappa shape index (κ2) is 8.86. The maximum absolute atomic E-state index is 13.7. The van der Waals surface area contributed by atoms with Gasteiger partial charge in [0.2, 0.25) is 0 Å². The molecule has 2 heterocycles. The minimum absolute atomic E-state index is 0.0669. The number of anilines is 1. The van der Waals surface area contributed by atoms with Crippen LogP contribution in [0.1, 0.15) is 32.7 Å². The van der Waals surface area contributed by atoms with Crippen LogP contribution in [0.4, 0.5) is 18.9 Å². The van der Waals surface area contributed by atoms with Crippen LogP contribution in [0.15, 0.2) is 30.5 Å². The Morgan fingerprint density at radius 1 is 1.23 bits per heavy atom. The zero-order chi connectivity index (χ0) is 21.9. The molecule has 3 rings (SSSR count). The Balaban J connectivity index is 1.81. The molecule has 1 aliphatic rings. The fraction of sp³-hybridized carbons (Fsp3) is 0.364. The van der Waals surface area contributed by atoms with Gasteiger partial charge in [0, 0.05) is 50.2 Å². The van der Waals surface area contributed by atoms with Gasteiger partial charge in [0.1, 0.15) is 0 Å². The van der Waals surface area contributed by atoms with Gasteiger partial charge in [-0.05, 0) is 37.7 Å². The lowest BCUT2D eigenvalue weighted by molar-refractivity contribution is -0.138. The van der Waals surface area contributed by atoms with Crippen LogP contribution in [0.3, 0.4) is 0 Å². The maximum atomic E-state index is 13.7. The van der Waals surface area contributed by atoms with Crippen molar-refractivity contribution in [1.82, 2.24) is 14.8 Å². The number of carbonyl (C=O) groups is 1. The van der Waals surface area contributed by atoms with Crippen molar-refractivity contribution in [3.05, 3.63) is 58.4 Å². The summed E-state index contributed by atoms with van der Waals surface area (Å²) in [6.07, 6.45) is 2.21. The molecule has 0 atom stereocenters. The lowest BCUT2D eigenvalue weighted by Gasteiger charge is -2.33. The molecule has 0 saturated carbocycles.